The lowest BCUT2D eigenvalue weighted by Gasteiger charge is -2.06. The minimum atomic E-state index is 0.480. The zero-order chi connectivity index (χ0) is 12.7. The van der Waals surface area contributed by atoms with E-state index in [1.807, 2.05) is 17.8 Å². The van der Waals surface area contributed by atoms with Gasteiger partial charge in [0.25, 0.3) is 0 Å². The van der Waals surface area contributed by atoms with Gasteiger partial charge in [-0.25, -0.2) is 0 Å². The van der Waals surface area contributed by atoms with Crippen LogP contribution in [0.1, 0.15) is 16.8 Å². The summed E-state index contributed by atoms with van der Waals surface area (Å²) in [4.78, 5) is 0. The number of nitrogens with two attached hydrogens (primary N) is 1. The van der Waals surface area contributed by atoms with E-state index in [9.17, 15) is 0 Å². The summed E-state index contributed by atoms with van der Waals surface area (Å²) in [6, 6.07) is 6.34. The Bertz CT molecular complexity index is 601. The van der Waals surface area contributed by atoms with Gasteiger partial charge >= 0.3 is 0 Å². The van der Waals surface area contributed by atoms with Crippen LogP contribution in [0, 0.1) is 6.92 Å². The van der Waals surface area contributed by atoms with Gasteiger partial charge in [0.05, 0.1) is 18.0 Å². The van der Waals surface area contributed by atoms with Gasteiger partial charge in [-0.1, -0.05) is 0 Å². The maximum atomic E-state index is 5.71. The molecule has 2 N–H and O–H groups in total. The van der Waals surface area contributed by atoms with Crippen LogP contribution in [0.15, 0.2) is 18.2 Å². The molecule has 0 atom stereocenters. The fraction of sp³-hybridized carbons (Fsp3) is 0.357. The van der Waals surface area contributed by atoms with Crippen LogP contribution in [0.25, 0.3) is 11.3 Å². The normalized spacial score (nSPS) is 13.5. The van der Waals surface area contributed by atoms with Crippen molar-refractivity contribution in [3.8, 4) is 17.0 Å². The number of hydrogen-bond donors (Lipinski definition) is 1. The van der Waals surface area contributed by atoms with Crippen molar-refractivity contribution < 1.29 is 4.74 Å². The van der Waals surface area contributed by atoms with Gasteiger partial charge < -0.3 is 10.5 Å². The molecular formula is C14H17N3O. The van der Waals surface area contributed by atoms with Crippen molar-refractivity contribution in [2.75, 3.05) is 6.61 Å². The first-order valence-electron chi connectivity index (χ1n) is 6.19. The highest BCUT2D eigenvalue weighted by Gasteiger charge is 2.17. The van der Waals surface area contributed by atoms with Gasteiger partial charge in [-0.3, -0.25) is 4.68 Å². The molecule has 4 heteroatoms. The minimum Gasteiger partial charge on any atom is -0.493 e. The first kappa shape index (κ1) is 11.3. The maximum Gasteiger partial charge on any atom is 0.122 e. The molecule has 18 heavy (non-hydrogen) atoms. The van der Waals surface area contributed by atoms with Crippen molar-refractivity contribution in [1.29, 1.82) is 0 Å². The Balaban J connectivity index is 2.12. The molecule has 0 amide bonds. The van der Waals surface area contributed by atoms with Crippen LogP contribution in [0.3, 0.4) is 0 Å². The van der Waals surface area contributed by atoms with Gasteiger partial charge in [-0.2, -0.15) is 5.10 Å². The lowest BCUT2D eigenvalue weighted by molar-refractivity contribution is 0.357. The number of fused-ring (bicyclic) bond motifs is 1. The maximum absolute atomic E-state index is 5.71. The van der Waals surface area contributed by atoms with E-state index in [4.69, 9.17) is 10.5 Å². The highest BCUT2D eigenvalue weighted by atomic mass is 16.5. The molecular weight excluding hydrogens is 226 g/mol. The van der Waals surface area contributed by atoms with E-state index in [1.165, 1.54) is 16.7 Å². The van der Waals surface area contributed by atoms with Gasteiger partial charge in [0, 0.05) is 25.6 Å². The standard InChI is InChI=1S/C14H17N3O/c1-9-12(8-15)16-17(2)14(9)11-3-4-13-10(7-11)5-6-18-13/h3-4,7H,5-6,8,15H2,1-2H3. The third-order valence-electron chi connectivity index (χ3n) is 3.54. The third-order valence-corrected chi connectivity index (χ3v) is 3.54. The van der Waals surface area contributed by atoms with Crippen LogP contribution in [0.2, 0.25) is 0 Å². The van der Waals surface area contributed by atoms with Crippen molar-refractivity contribution in [3.63, 3.8) is 0 Å². The molecule has 1 aliphatic rings. The lowest BCUT2D eigenvalue weighted by Crippen LogP contribution is -1.99. The Hall–Kier alpha value is -1.81. The zero-order valence-corrected chi connectivity index (χ0v) is 10.7. The predicted octanol–water partition coefficient (Wildman–Crippen LogP) is 1.79. The first-order valence-corrected chi connectivity index (χ1v) is 6.19. The van der Waals surface area contributed by atoms with Gasteiger partial charge in [0.1, 0.15) is 5.75 Å². The second-order valence-corrected chi connectivity index (χ2v) is 4.67. The monoisotopic (exact) mass is 243 g/mol. The number of rotatable bonds is 2. The Kier molecular flexibility index (Phi) is 2.59. The lowest BCUT2D eigenvalue weighted by atomic mass is 10.0. The summed E-state index contributed by atoms with van der Waals surface area (Å²) in [6.45, 7) is 3.35. The quantitative estimate of drug-likeness (QED) is 0.875. The number of nitrogens with zero attached hydrogens (tertiary/aromatic N) is 2. The summed E-state index contributed by atoms with van der Waals surface area (Å²) in [5, 5.41) is 4.46. The molecule has 2 heterocycles. The van der Waals surface area contributed by atoms with Crippen molar-refractivity contribution >= 4 is 0 Å². The molecule has 0 radical (unpaired) electrons. The second-order valence-electron chi connectivity index (χ2n) is 4.67. The highest BCUT2D eigenvalue weighted by Crippen LogP contribution is 2.32. The van der Waals surface area contributed by atoms with Crippen LogP contribution < -0.4 is 10.5 Å². The third kappa shape index (κ3) is 1.61. The Morgan fingerprint density at radius 2 is 2.28 bits per heavy atom. The summed E-state index contributed by atoms with van der Waals surface area (Å²) < 4.78 is 7.45. The summed E-state index contributed by atoms with van der Waals surface area (Å²) in [7, 11) is 1.96. The molecule has 4 nitrogen and oxygen atoms in total. The minimum absolute atomic E-state index is 0.480. The number of hydrogen-bond acceptors (Lipinski definition) is 3. The van der Waals surface area contributed by atoms with Crippen molar-refractivity contribution in [2.24, 2.45) is 12.8 Å². The van der Waals surface area contributed by atoms with Gasteiger partial charge in [0.2, 0.25) is 0 Å². The number of aromatic nitrogens is 2. The Labute approximate surface area is 106 Å². The molecule has 0 bridgehead atoms. The molecule has 3 rings (SSSR count). The van der Waals surface area contributed by atoms with Crippen LogP contribution in [-0.4, -0.2) is 16.4 Å². The average molecular weight is 243 g/mol. The number of aryl methyl sites for hydroxylation is 1. The molecule has 1 aromatic carbocycles. The topological polar surface area (TPSA) is 53.1 Å². The van der Waals surface area contributed by atoms with E-state index in [-0.39, 0.29) is 0 Å². The molecule has 0 spiro atoms. The van der Waals surface area contributed by atoms with Crippen molar-refractivity contribution in [2.45, 2.75) is 19.9 Å². The molecule has 0 saturated carbocycles. The smallest absolute Gasteiger partial charge is 0.122 e. The van der Waals surface area contributed by atoms with Crippen LogP contribution >= 0.6 is 0 Å². The highest BCUT2D eigenvalue weighted by molar-refractivity contribution is 5.67. The average Bonchev–Trinajstić information content (AvgIpc) is 2.93. The van der Waals surface area contributed by atoms with E-state index in [2.05, 4.69) is 24.2 Å². The Morgan fingerprint density at radius 1 is 1.44 bits per heavy atom. The predicted molar refractivity (Wildman–Crippen MR) is 70.5 cm³/mol. The molecule has 0 aliphatic carbocycles. The van der Waals surface area contributed by atoms with Gasteiger partial charge in [-0.15, -0.1) is 0 Å². The van der Waals surface area contributed by atoms with Crippen LogP contribution in [0.5, 0.6) is 5.75 Å². The summed E-state index contributed by atoms with van der Waals surface area (Å²) in [5.41, 5.74) is 11.4. The fourth-order valence-corrected chi connectivity index (χ4v) is 2.62. The summed E-state index contributed by atoms with van der Waals surface area (Å²) >= 11 is 0. The SMILES string of the molecule is Cc1c(CN)nn(C)c1-c1ccc2c(c1)CCO2. The largest absolute Gasteiger partial charge is 0.493 e. The zero-order valence-electron chi connectivity index (χ0n) is 10.7. The summed E-state index contributed by atoms with van der Waals surface area (Å²) in [6.07, 6.45) is 0.990. The first-order chi connectivity index (χ1) is 8.70. The molecule has 2 aromatic rings. The molecule has 1 aromatic heterocycles. The van der Waals surface area contributed by atoms with Crippen LogP contribution in [0.4, 0.5) is 0 Å². The summed E-state index contributed by atoms with van der Waals surface area (Å²) in [5.74, 6) is 1.01. The molecule has 0 saturated heterocycles. The number of benzene rings is 1. The van der Waals surface area contributed by atoms with E-state index in [1.54, 1.807) is 0 Å². The molecule has 94 valence electrons. The van der Waals surface area contributed by atoms with E-state index in [0.29, 0.717) is 6.54 Å². The fourth-order valence-electron chi connectivity index (χ4n) is 2.62. The molecule has 0 unspecified atom stereocenters. The second kappa shape index (κ2) is 4.14. The van der Waals surface area contributed by atoms with Gasteiger partial charge in [-0.05, 0) is 36.2 Å². The van der Waals surface area contributed by atoms with E-state index < -0.39 is 0 Å². The van der Waals surface area contributed by atoms with Crippen molar-refractivity contribution in [1.82, 2.24) is 9.78 Å². The molecule has 0 fully saturated rings. The Morgan fingerprint density at radius 3 is 3.00 bits per heavy atom. The van der Waals surface area contributed by atoms with Gasteiger partial charge in [0.15, 0.2) is 0 Å². The van der Waals surface area contributed by atoms with E-state index in [0.717, 1.165) is 30.2 Å². The number of ether oxygens (including phenoxy) is 1. The van der Waals surface area contributed by atoms with Crippen molar-refractivity contribution in [3.05, 3.63) is 35.0 Å². The van der Waals surface area contributed by atoms with Crippen LogP contribution in [-0.2, 0) is 20.0 Å². The molecule has 1 aliphatic heterocycles. The van der Waals surface area contributed by atoms with E-state index >= 15 is 0 Å².